The first-order chi connectivity index (χ1) is 12.4. The van der Waals surface area contributed by atoms with Crippen molar-refractivity contribution >= 4 is 30.2 Å². The fourth-order valence-corrected chi connectivity index (χ4v) is 2.85. The molecule has 0 unspecified atom stereocenters. The number of aromatic nitrogens is 2. The molecular weight excluding hydrogens is 352 g/mol. The Balaban J connectivity index is 2.13. The van der Waals surface area contributed by atoms with Crippen LogP contribution in [0, 0.1) is 0 Å². The van der Waals surface area contributed by atoms with Crippen molar-refractivity contribution in [3.8, 4) is 5.69 Å². The highest BCUT2D eigenvalue weighted by atomic mass is 35.5. The molecule has 0 fully saturated rings. The summed E-state index contributed by atoms with van der Waals surface area (Å²) in [4.78, 5) is 23.9. The van der Waals surface area contributed by atoms with Gasteiger partial charge in [-0.05, 0) is 41.8 Å². The van der Waals surface area contributed by atoms with Crippen LogP contribution in [0.15, 0.2) is 47.3 Å². The molecule has 6 heteroatoms. The summed E-state index contributed by atoms with van der Waals surface area (Å²) in [7, 11) is 0. The van der Waals surface area contributed by atoms with Crippen molar-refractivity contribution < 1.29 is 9.90 Å². The Bertz CT molecular complexity index is 1140. The van der Waals surface area contributed by atoms with Crippen LogP contribution in [-0.2, 0) is 6.42 Å². The SMILES string of the molecule is C=c1[nH]n(-c2ccc(Cl)c(C(=O)[O-])c2)c(=O)/c1=C\c1ccc(CC)cc1. The maximum Gasteiger partial charge on any atom is 0.279 e. The van der Waals surface area contributed by atoms with Gasteiger partial charge in [0.1, 0.15) is 0 Å². The molecule has 2 aromatic carbocycles. The van der Waals surface area contributed by atoms with Gasteiger partial charge in [0.2, 0.25) is 0 Å². The topological polar surface area (TPSA) is 77.9 Å². The summed E-state index contributed by atoms with van der Waals surface area (Å²) in [5.41, 5.74) is 1.91. The van der Waals surface area contributed by atoms with Crippen LogP contribution in [0.4, 0.5) is 0 Å². The van der Waals surface area contributed by atoms with E-state index in [4.69, 9.17) is 11.6 Å². The number of rotatable bonds is 4. The Morgan fingerprint density at radius 1 is 1.27 bits per heavy atom. The summed E-state index contributed by atoms with van der Waals surface area (Å²) in [6, 6.07) is 12.1. The zero-order valence-electron chi connectivity index (χ0n) is 14.1. The number of nitrogens with one attached hydrogen (secondary N) is 1. The Morgan fingerprint density at radius 2 is 1.96 bits per heavy atom. The molecular formula is C20H16ClN2O3-. The first kappa shape index (κ1) is 17.8. The fourth-order valence-electron chi connectivity index (χ4n) is 2.65. The molecule has 0 amide bonds. The molecule has 1 aromatic heterocycles. The van der Waals surface area contributed by atoms with E-state index < -0.39 is 5.97 Å². The van der Waals surface area contributed by atoms with E-state index in [1.54, 1.807) is 12.1 Å². The lowest BCUT2D eigenvalue weighted by Gasteiger charge is -2.08. The van der Waals surface area contributed by atoms with Gasteiger partial charge in [0.25, 0.3) is 5.56 Å². The van der Waals surface area contributed by atoms with Gasteiger partial charge < -0.3 is 9.90 Å². The highest BCUT2D eigenvalue weighted by Crippen LogP contribution is 2.18. The molecule has 3 aromatic rings. The van der Waals surface area contributed by atoms with Gasteiger partial charge in [0, 0.05) is 10.6 Å². The monoisotopic (exact) mass is 367 g/mol. The van der Waals surface area contributed by atoms with E-state index in [0.717, 1.165) is 12.0 Å². The highest BCUT2D eigenvalue weighted by Gasteiger charge is 2.08. The van der Waals surface area contributed by atoms with Crippen molar-refractivity contribution in [3.05, 3.63) is 85.1 Å². The highest BCUT2D eigenvalue weighted by molar-refractivity contribution is 6.33. The van der Waals surface area contributed by atoms with Gasteiger partial charge in [-0.25, -0.2) is 4.68 Å². The van der Waals surface area contributed by atoms with E-state index in [1.807, 2.05) is 24.3 Å². The van der Waals surface area contributed by atoms with Crippen LogP contribution < -0.4 is 21.2 Å². The number of halogens is 1. The standard InChI is InChI=1S/C20H17ClN2O3/c1-3-13-4-6-14(7-5-13)10-16-12(2)22-23(19(16)24)15-8-9-18(21)17(11-15)20(25)26/h4-11,22H,2-3H2,1H3,(H,25,26)/p-1/b16-10-. The smallest absolute Gasteiger partial charge is 0.279 e. The first-order valence-electron chi connectivity index (χ1n) is 8.02. The van der Waals surface area contributed by atoms with E-state index in [-0.39, 0.29) is 16.1 Å². The molecule has 0 aliphatic carbocycles. The fraction of sp³-hybridized carbons (Fsp3) is 0.100. The van der Waals surface area contributed by atoms with E-state index in [0.29, 0.717) is 16.3 Å². The van der Waals surface area contributed by atoms with Gasteiger partial charge in [-0.1, -0.05) is 49.4 Å². The summed E-state index contributed by atoms with van der Waals surface area (Å²) < 4.78 is 1.23. The number of H-pyrrole nitrogens is 1. The van der Waals surface area contributed by atoms with Crippen molar-refractivity contribution in [2.75, 3.05) is 0 Å². The Hall–Kier alpha value is -3.05. The maximum atomic E-state index is 12.7. The van der Waals surface area contributed by atoms with Crippen molar-refractivity contribution in [3.63, 3.8) is 0 Å². The maximum absolute atomic E-state index is 12.7. The molecule has 0 aliphatic rings. The second-order valence-electron chi connectivity index (χ2n) is 5.84. The number of aromatic carboxylic acids is 1. The van der Waals surface area contributed by atoms with Gasteiger partial charge in [-0.3, -0.25) is 9.89 Å². The molecule has 0 spiro atoms. The van der Waals surface area contributed by atoms with E-state index >= 15 is 0 Å². The lowest BCUT2D eigenvalue weighted by Crippen LogP contribution is -2.34. The molecule has 0 aliphatic heterocycles. The molecule has 0 saturated carbocycles. The number of hydrogen-bond donors (Lipinski definition) is 1. The molecule has 0 atom stereocenters. The molecule has 0 radical (unpaired) electrons. The summed E-state index contributed by atoms with van der Waals surface area (Å²) >= 11 is 5.85. The van der Waals surface area contributed by atoms with Gasteiger partial charge >= 0.3 is 0 Å². The minimum absolute atomic E-state index is 0.0472. The number of carboxylic acids is 1. The number of nitrogens with zero attached hydrogens (tertiary/aromatic N) is 1. The van der Waals surface area contributed by atoms with Crippen molar-refractivity contribution in [1.29, 1.82) is 0 Å². The van der Waals surface area contributed by atoms with E-state index in [2.05, 4.69) is 18.6 Å². The summed E-state index contributed by atoms with van der Waals surface area (Å²) in [6.45, 7) is 5.94. The van der Waals surface area contributed by atoms with Crippen LogP contribution in [0.1, 0.15) is 28.4 Å². The second-order valence-corrected chi connectivity index (χ2v) is 6.24. The van der Waals surface area contributed by atoms with Gasteiger partial charge in [-0.15, -0.1) is 0 Å². The minimum Gasteiger partial charge on any atom is -0.545 e. The van der Waals surface area contributed by atoms with Crippen LogP contribution in [0.25, 0.3) is 18.3 Å². The van der Waals surface area contributed by atoms with Crippen molar-refractivity contribution in [2.24, 2.45) is 0 Å². The van der Waals surface area contributed by atoms with Gasteiger partial charge in [0.05, 0.1) is 22.2 Å². The number of hydrogen-bond acceptors (Lipinski definition) is 3. The molecule has 0 bridgehead atoms. The third-order valence-electron chi connectivity index (χ3n) is 4.13. The largest absolute Gasteiger partial charge is 0.545 e. The number of benzene rings is 2. The normalized spacial score (nSPS) is 11.7. The number of carbonyl (C=O) groups excluding carboxylic acids is 1. The third-order valence-corrected chi connectivity index (χ3v) is 4.46. The van der Waals surface area contributed by atoms with Crippen LogP contribution in [0.3, 0.4) is 0 Å². The second kappa shape index (κ2) is 7.06. The summed E-state index contributed by atoms with van der Waals surface area (Å²) in [6.07, 6.45) is 2.68. The average molecular weight is 368 g/mol. The molecule has 0 saturated heterocycles. The van der Waals surface area contributed by atoms with Gasteiger partial charge in [0.15, 0.2) is 0 Å². The summed E-state index contributed by atoms with van der Waals surface area (Å²) in [5.74, 6) is -1.41. The van der Waals surface area contributed by atoms with E-state index in [1.165, 1.54) is 22.4 Å². The van der Waals surface area contributed by atoms with Crippen LogP contribution >= 0.6 is 11.6 Å². The predicted molar refractivity (Wildman–Crippen MR) is 99.9 cm³/mol. The molecule has 1 heterocycles. The van der Waals surface area contributed by atoms with Gasteiger partial charge in [-0.2, -0.15) is 0 Å². The molecule has 5 nitrogen and oxygen atoms in total. The summed E-state index contributed by atoms with van der Waals surface area (Å²) in [5, 5.41) is 14.9. The van der Waals surface area contributed by atoms with E-state index in [9.17, 15) is 14.7 Å². The Labute approximate surface area is 154 Å². The minimum atomic E-state index is -1.41. The quantitative estimate of drug-likeness (QED) is 0.746. The predicted octanol–water partition coefficient (Wildman–Crippen LogP) is 0.984. The Morgan fingerprint density at radius 3 is 2.58 bits per heavy atom. The van der Waals surface area contributed by atoms with Crippen molar-refractivity contribution in [1.82, 2.24) is 9.78 Å². The average Bonchev–Trinajstić information content (AvgIpc) is 2.91. The lowest BCUT2D eigenvalue weighted by molar-refractivity contribution is -0.255. The zero-order valence-corrected chi connectivity index (χ0v) is 14.8. The number of aromatic amines is 1. The first-order valence-corrected chi connectivity index (χ1v) is 8.40. The van der Waals surface area contributed by atoms with Crippen LogP contribution in [0.5, 0.6) is 0 Å². The third kappa shape index (κ3) is 3.34. The number of carbonyl (C=O) groups is 1. The molecule has 132 valence electrons. The molecule has 26 heavy (non-hydrogen) atoms. The lowest BCUT2D eigenvalue weighted by atomic mass is 10.1. The van der Waals surface area contributed by atoms with Crippen LogP contribution in [-0.4, -0.2) is 15.7 Å². The van der Waals surface area contributed by atoms with Crippen LogP contribution in [0.2, 0.25) is 5.02 Å². The number of aryl methyl sites for hydroxylation is 1. The molecule has 1 N–H and O–H groups in total. The zero-order chi connectivity index (χ0) is 18.8. The van der Waals surface area contributed by atoms with Crippen molar-refractivity contribution in [2.45, 2.75) is 13.3 Å². The number of carboxylic acid groups (broad SMARTS) is 1. The Kier molecular flexibility index (Phi) is 4.82. The molecule has 3 rings (SSSR count).